The third kappa shape index (κ3) is 5.25. The Labute approximate surface area is 317 Å². The van der Waals surface area contributed by atoms with Gasteiger partial charge in [0.25, 0.3) is 11.8 Å². The molecule has 4 amide bonds. The van der Waals surface area contributed by atoms with Crippen LogP contribution in [0.1, 0.15) is 29.9 Å². The van der Waals surface area contributed by atoms with Gasteiger partial charge >= 0.3 is 0 Å². The van der Waals surface area contributed by atoms with Crippen molar-refractivity contribution in [1.82, 2.24) is 5.01 Å². The van der Waals surface area contributed by atoms with Crippen LogP contribution in [0.25, 0.3) is 0 Å². The molecule has 2 N–H and O–H groups in total. The van der Waals surface area contributed by atoms with Crippen LogP contribution in [0.15, 0.2) is 101 Å². The summed E-state index contributed by atoms with van der Waals surface area (Å²) in [7, 11) is 2.78. The molecule has 4 aromatic rings. The van der Waals surface area contributed by atoms with Crippen molar-refractivity contribution < 1.29 is 38.1 Å². The number of fused-ring (bicyclic) bond motifs is 4. The monoisotopic (exact) mass is 799 g/mol. The number of aromatic hydroxyl groups is 1. The minimum absolute atomic E-state index is 0.0673. The van der Waals surface area contributed by atoms with E-state index in [1.54, 1.807) is 60.7 Å². The van der Waals surface area contributed by atoms with Gasteiger partial charge in [-0.1, -0.05) is 51.3 Å². The maximum absolute atomic E-state index is 15.3. The molecule has 6 atom stereocenters. The first-order valence-corrected chi connectivity index (χ1v) is 18.1. The van der Waals surface area contributed by atoms with Crippen LogP contribution in [-0.4, -0.2) is 48.0 Å². The fourth-order valence-corrected chi connectivity index (χ4v) is 9.35. The summed E-state index contributed by atoms with van der Waals surface area (Å²) in [6.07, 6.45) is 2.22. The summed E-state index contributed by atoms with van der Waals surface area (Å²) in [5.41, 5.74) is 3.75. The molecule has 8 rings (SSSR count). The number of amides is 4. The second kappa shape index (κ2) is 13.0. The van der Waals surface area contributed by atoms with Crippen LogP contribution >= 0.6 is 27.5 Å². The van der Waals surface area contributed by atoms with Crippen LogP contribution < -0.4 is 19.8 Å². The number of benzene rings is 4. The number of halogens is 3. The molecule has 270 valence electrons. The molecule has 6 unspecified atom stereocenters. The number of hydrogen-bond acceptors (Lipinski definition) is 8. The van der Waals surface area contributed by atoms with Crippen LogP contribution in [0.4, 0.5) is 15.8 Å². The standard InChI is InChI=1S/C40H32BrClFN3O7/c1-52-31-17-20(18-32(53-2)35(31)47)34-27-15-16-28-33(38(50)45(36(28)48)26-13-5-22(41)6-14-26)29(27)19-30-37(49)46(44-25-11-9-24(43)10-12-25)39(51)40(30,34)21-3-7-23(42)8-4-21/h3-15,17-18,28-30,33-34,44,47H,16,19H2,1-2H3. The zero-order valence-corrected chi connectivity index (χ0v) is 30.7. The fourth-order valence-electron chi connectivity index (χ4n) is 8.96. The molecule has 0 radical (unpaired) electrons. The largest absolute Gasteiger partial charge is 0.502 e. The predicted octanol–water partition coefficient (Wildman–Crippen LogP) is 7.15. The number of ether oxygens (including phenoxy) is 2. The van der Waals surface area contributed by atoms with Crippen LogP contribution in [0.5, 0.6) is 17.2 Å². The van der Waals surface area contributed by atoms with Gasteiger partial charge in [-0.15, -0.1) is 0 Å². The zero-order valence-electron chi connectivity index (χ0n) is 28.4. The number of phenols is 1. The number of hydrogen-bond donors (Lipinski definition) is 2. The number of methoxy groups -OCH3 is 2. The Hall–Kier alpha value is -5.20. The minimum Gasteiger partial charge on any atom is -0.502 e. The smallest absolute Gasteiger partial charge is 0.260 e. The third-order valence-corrected chi connectivity index (χ3v) is 12.0. The summed E-state index contributed by atoms with van der Waals surface area (Å²) in [6, 6.07) is 22.2. The van der Waals surface area contributed by atoms with Gasteiger partial charge in [0.1, 0.15) is 5.82 Å². The van der Waals surface area contributed by atoms with E-state index in [-0.39, 0.29) is 41.9 Å². The molecule has 2 saturated heterocycles. The SMILES string of the molecule is COc1cc(C2C3=CCC4C(=O)N(c5ccc(Br)cc5)C(=O)C4C3CC3C(=O)N(Nc4ccc(F)cc4)C(=O)C32c2ccc(Cl)cc2)cc(OC)c1O. The van der Waals surface area contributed by atoms with Gasteiger partial charge in [-0.3, -0.25) is 29.5 Å². The number of anilines is 2. The van der Waals surface area contributed by atoms with Crippen molar-refractivity contribution in [1.29, 1.82) is 0 Å². The predicted molar refractivity (Wildman–Crippen MR) is 197 cm³/mol. The van der Waals surface area contributed by atoms with E-state index in [0.29, 0.717) is 33.1 Å². The Bertz CT molecular complexity index is 2190. The number of nitrogens with zero attached hydrogens (tertiary/aromatic N) is 2. The number of rotatable bonds is 7. The van der Waals surface area contributed by atoms with Crippen LogP contribution in [0, 0.1) is 29.5 Å². The first kappa shape index (κ1) is 34.9. The topological polar surface area (TPSA) is 125 Å². The highest BCUT2D eigenvalue weighted by molar-refractivity contribution is 9.10. The van der Waals surface area contributed by atoms with E-state index < -0.39 is 52.6 Å². The summed E-state index contributed by atoms with van der Waals surface area (Å²) in [5, 5.41) is 12.4. The summed E-state index contributed by atoms with van der Waals surface area (Å²) < 4.78 is 25.8. The van der Waals surface area contributed by atoms with Crippen molar-refractivity contribution in [3.63, 3.8) is 0 Å². The van der Waals surface area contributed by atoms with E-state index >= 15 is 4.79 Å². The van der Waals surface area contributed by atoms with Gasteiger partial charge in [-0.25, -0.2) is 4.39 Å². The molecular formula is C40H32BrClFN3O7. The normalized spacial score (nSPS) is 26.2. The Morgan fingerprint density at radius 2 is 1.51 bits per heavy atom. The molecule has 4 aliphatic rings. The number of phenolic OH excluding ortho intramolecular Hbond substituents is 1. The fraction of sp³-hybridized carbons (Fsp3) is 0.250. The number of carbonyl (C=O) groups excluding carboxylic acids is 4. The van der Waals surface area contributed by atoms with Crippen molar-refractivity contribution in [2.45, 2.75) is 24.2 Å². The number of carbonyl (C=O) groups is 4. The molecule has 0 bridgehead atoms. The molecule has 0 spiro atoms. The third-order valence-electron chi connectivity index (χ3n) is 11.2. The minimum atomic E-state index is -1.62. The van der Waals surface area contributed by atoms with Crippen molar-refractivity contribution in [2.24, 2.45) is 23.7 Å². The summed E-state index contributed by atoms with van der Waals surface area (Å²) in [4.78, 5) is 59.9. The molecule has 13 heteroatoms. The van der Waals surface area contributed by atoms with Gasteiger partial charge in [0, 0.05) is 15.4 Å². The quantitative estimate of drug-likeness (QED) is 0.149. The first-order valence-electron chi connectivity index (χ1n) is 16.9. The van der Waals surface area contributed by atoms with Gasteiger partial charge in [0.05, 0.1) is 48.8 Å². The van der Waals surface area contributed by atoms with Crippen molar-refractivity contribution in [2.75, 3.05) is 24.5 Å². The molecule has 1 saturated carbocycles. The molecule has 4 aromatic carbocycles. The lowest BCUT2D eigenvalue weighted by atomic mass is 9.49. The van der Waals surface area contributed by atoms with E-state index in [4.69, 9.17) is 21.1 Å². The van der Waals surface area contributed by atoms with E-state index in [1.165, 1.54) is 43.4 Å². The van der Waals surface area contributed by atoms with E-state index in [1.807, 2.05) is 6.08 Å². The second-order valence-corrected chi connectivity index (χ2v) is 15.0. The molecule has 2 aliphatic heterocycles. The highest BCUT2D eigenvalue weighted by Crippen LogP contribution is 2.65. The Balaban J connectivity index is 1.35. The highest BCUT2D eigenvalue weighted by atomic mass is 79.9. The van der Waals surface area contributed by atoms with Gasteiger partial charge in [-0.2, -0.15) is 5.01 Å². The molecule has 53 heavy (non-hydrogen) atoms. The molecule has 2 heterocycles. The van der Waals surface area contributed by atoms with Gasteiger partial charge in [0.15, 0.2) is 11.5 Å². The maximum Gasteiger partial charge on any atom is 0.260 e. The van der Waals surface area contributed by atoms with Gasteiger partial charge in [0.2, 0.25) is 17.6 Å². The van der Waals surface area contributed by atoms with E-state index in [9.17, 15) is 23.9 Å². The van der Waals surface area contributed by atoms with Crippen molar-refractivity contribution >= 4 is 62.5 Å². The first-order chi connectivity index (χ1) is 25.5. The number of imide groups is 2. The lowest BCUT2D eigenvalue weighted by molar-refractivity contribution is -0.138. The lowest BCUT2D eigenvalue weighted by Crippen LogP contribution is -2.53. The zero-order chi connectivity index (χ0) is 37.3. The van der Waals surface area contributed by atoms with Gasteiger partial charge in [-0.05, 0) is 103 Å². The van der Waals surface area contributed by atoms with Gasteiger partial charge < -0.3 is 14.6 Å². The molecule has 0 aromatic heterocycles. The second-order valence-electron chi connectivity index (χ2n) is 13.6. The van der Waals surface area contributed by atoms with Crippen LogP contribution in [0.2, 0.25) is 5.02 Å². The summed E-state index contributed by atoms with van der Waals surface area (Å²) in [6.45, 7) is 0. The number of hydrazine groups is 1. The molecular weight excluding hydrogens is 769 g/mol. The number of nitrogens with one attached hydrogen (secondary N) is 1. The van der Waals surface area contributed by atoms with E-state index in [0.717, 1.165) is 9.48 Å². The molecule has 2 aliphatic carbocycles. The van der Waals surface area contributed by atoms with E-state index in [2.05, 4.69) is 21.4 Å². The Morgan fingerprint density at radius 3 is 2.13 bits per heavy atom. The Morgan fingerprint density at radius 1 is 0.868 bits per heavy atom. The summed E-state index contributed by atoms with van der Waals surface area (Å²) >= 11 is 9.79. The molecule has 3 fully saturated rings. The highest BCUT2D eigenvalue weighted by Gasteiger charge is 2.70. The van der Waals surface area contributed by atoms with Crippen molar-refractivity contribution in [3.8, 4) is 17.2 Å². The molecule has 10 nitrogen and oxygen atoms in total. The maximum atomic E-state index is 15.3. The van der Waals surface area contributed by atoms with Crippen LogP contribution in [-0.2, 0) is 24.6 Å². The lowest BCUT2D eigenvalue weighted by Gasteiger charge is -2.50. The summed E-state index contributed by atoms with van der Waals surface area (Å²) in [5.74, 6) is -6.55. The Kier molecular flexibility index (Phi) is 8.57. The average molecular weight is 801 g/mol. The number of allylic oxidation sites excluding steroid dienone is 2. The van der Waals surface area contributed by atoms with Crippen LogP contribution in [0.3, 0.4) is 0 Å². The van der Waals surface area contributed by atoms with Crippen molar-refractivity contribution in [3.05, 3.63) is 123 Å². The average Bonchev–Trinajstić information content (AvgIpc) is 3.54.